The number of rotatable bonds is 7. The Labute approximate surface area is 214 Å². The minimum atomic E-state index is -1.03. The molecule has 0 aliphatic carbocycles. The van der Waals surface area contributed by atoms with Crippen molar-refractivity contribution in [2.45, 2.75) is 23.6 Å². The summed E-state index contributed by atoms with van der Waals surface area (Å²) < 4.78 is 22.0. The van der Waals surface area contributed by atoms with Crippen molar-refractivity contribution < 1.29 is 28.5 Å². The Kier molecular flexibility index (Phi) is 7.26. The van der Waals surface area contributed by atoms with Crippen molar-refractivity contribution in [3.63, 3.8) is 0 Å². The van der Waals surface area contributed by atoms with Gasteiger partial charge in [-0.15, -0.1) is 0 Å². The summed E-state index contributed by atoms with van der Waals surface area (Å²) in [5.74, 6) is 1.29. The van der Waals surface area contributed by atoms with Crippen LogP contribution in [0, 0.1) is 0 Å². The summed E-state index contributed by atoms with van der Waals surface area (Å²) in [6.07, 6.45) is 3.83. The lowest BCUT2D eigenvalue weighted by molar-refractivity contribution is -0.131. The zero-order chi connectivity index (χ0) is 25.9. The fourth-order valence-corrected chi connectivity index (χ4v) is 5.79. The van der Waals surface area contributed by atoms with Crippen molar-refractivity contribution in [1.29, 1.82) is 0 Å². The van der Waals surface area contributed by atoms with Gasteiger partial charge in [-0.05, 0) is 42.0 Å². The number of nitrogens with zero attached hydrogens (tertiary/aromatic N) is 1. The molecule has 0 N–H and O–H groups in total. The Morgan fingerprint density at radius 2 is 1.50 bits per heavy atom. The van der Waals surface area contributed by atoms with Gasteiger partial charge in [-0.1, -0.05) is 48.2 Å². The second-order valence-corrected chi connectivity index (χ2v) is 9.27. The molecule has 1 unspecified atom stereocenters. The molecule has 0 fully saturated rings. The van der Waals surface area contributed by atoms with Gasteiger partial charge in [-0.3, -0.25) is 14.5 Å². The summed E-state index contributed by atoms with van der Waals surface area (Å²) in [7, 11) is 4.67. The second kappa shape index (κ2) is 10.4. The third-order valence-electron chi connectivity index (χ3n) is 5.73. The fraction of sp³-hybridized carbons (Fsp3) is 0.214. The first-order valence-corrected chi connectivity index (χ1v) is 12.0. The molecule has 0 saturated carbocycles. The van der Waals surface area contributed by atoms with Crippen molar-refractivity contribution in [3.05, 3.63) is 77.9 Å². The molecule has 0 saturated heterocycles. The Morgan fingerprint density at radius 1 is 0.861 bits per heavy atom. The Balaban J connectivity index is 1.94. The number of amides is 1. The number of anilines is 1. The topological polar surface area (TPSA) is 74.3 Å². The molecule has 1 aliphatic rings. The summed E-state index contributed by atoms with van der Waals surface area (Å²) in [5.41, 5.74) is 2.22. The molecule has 4 rings (SSSR count). The van der Waals surface area contributed by atoms with E-state index in [2.05, 4.69) is 0 Å². The first-order chi connectivity index (χ1) is 17.3. The lowest BCUT2D eigenvalue weighted by Gasteiger charge is -2.36. The molecule has 36 heavy (non-hydrogen) atoms. The van der Waals surface area contributed by atoms with Gasteiger partial charge < -0.3 is 18.9 Å². The predicted molar refractivity (Wildman–Crippen MR) is 140 cm³/mol. The Bertz CT molecular complexity index is 1310. The van der Waals surface area contributed by atoms with Crippen molar-refractivity contribution in [3.8, 4) is 23.0 Å². The van der Waals surface area contributed by atoms with Crippen LogP contribution in [0.4, 0.5) is 5.69 Å². The van der Waals surface area contributed by atoms with Crippen LogP contribution in [0.1, 0.15) is 25.0 Å². The number of carbonyl (C=O) groups is 2. The van der Waals surface area contributed by atoms with E-state index in [1.54, 1.807) is 38.4 Å². The number of para-hydroxylation sites is 2. The van der Waals surface area contributed by atoms with Gasteiger partial charge in [0.05, 0.1) is 27.0 Å². The number of hydrogen-bond acceptors (Lipinski definition) is 7. The van der Waals surface area contributed by atoms with Crippen LogP contribution < -0.4 is 23.8 Å². The summed E-state index contributed by atoms with van der Waals surface area (Å²) in [4.78, 5) is 26.7. The highest BCUT2D eigenvalue weighted by Crippen LogP contribution is 2.58. The summed E-state index contributed by atoms with van der Waals surface area (Å²) >= 11 is 1.50. The van der Waals surface area contributed by atoms with Crippen molar-refractivity contribution in [2.24, 2.45) is 0 Å². The molecular weight excluding hydrogens is 478 g/mol. The summed E-state index contributed by atoms with van der Waals surface area (Å²) in [6, 6.07) is 18.6. The SMILES string of the molecule is COc1cc(/C=C/C2(c3ccccc3OC(C)=O)Sc3ccccc3N2C(C)=O)cc(OC)c1OC. The van der Waals surface area contributed by atoms with Gasteiger partial charge >= 0.3 is 5.97 Å². The maximum absolute atomic E-state index is 13.1. The van der Waals surface area contributed by atoms with E-state index >= 15 is 0 Å². The average molecular weight is 506 g/mol. The standard InChI is InChI=1S/C28H27NO6S/c1-18(30)29-22-11-7-9-13-26(22)36-28(29,21-10-6-8-12-23(21)35-19(2)31)15-14-20-16-24(32-3)27(34-5)25(17-20)33-4/h6-17H,1-5H3/b15-14+. The molecule has 7 nitrogen and oxygen atoms in total. The number of fused-ring (bicyclic) bond motifs is 1. The molecular formula is C28H27NO6S. The van der Waals surface area contributed by atoms with Crippen LogP contribution in [0.5, 0.6) is 23.0 Å². The van der Waals surface area contributed by atoms with Gasteiger partial charge in [0.2, 0.25) is 11.7 Å². The molecule has 3 aromatic carbocycles. The number of carbonyl (C=O) groups excluding carboxylic acids is 2. The average Bonchev–Trinajstić information content (AvgIpc) is 3.22. The fourth-order valence-electron chi connectivity index (χ4n) is 4.31. The van der Waals surface area contributed by atoms with Gasteiger partial charge in [-0.25, -0.2) is 0 Å². The smallest absolute Gasteiger partial charge is 0.308 e. The van der Waals surface area contributed by atoms with Crippen LogP contribution >= 0.6 is 11.8 Å². The number of thioether (sulfide) groups is 1. The van der Waals surface area contributed by atoms with E-state index < -0.39 is 10.8 Å². The van der Waals surface area contributed by atoms with Crippen LogP contribution in [0.3, 0.4) is 0 Å². The van der Waals surface area contributed by atoms with Crippen molar-refractivity contribution >= 4 is 35.4 Å². The Hall–Kier alpha value is -3.91. The van der Waals surface area contributed by atoms with E-state index in [1.165, 1.54) is 25.6 Å². The van der Waals surface area contributed by atoms with E-state index in [-0.39, 0.29) is 5.91 Å². The monoisotopic (exact) mass is 505 g/mol. The number of ether oxygens (including phenoxy) is 4. The van der Waals surface area contributed by atoms with Gasteiger partial charge in [0.25, 0.3) is 0 Å². The molecule has 1 aliphatic heterocycles. The number of esters is 1. The molecule has 1 atom stereocenters. The minimum Gasteiger partial charge on any atom is -0.493 e. The lowest BCUT2D eigenvalue weighted by atomic mass is 10.00. The van der Waals surface area contributed by atoms with Crippen LogP contribution in [0.25, 0.3) is 6.08 Å². The highest BCUT2D eigenvalue weighted by atomic mass is 32.2. The van der Waals surface area contributed by atoms with E-state index in [9.17, 15) is 9.59 Å². The summed E-state index contributed by atoms with van der Waals surface area (Å²) in [5, 5.41) is 0. The zero-order valence-electron chi connectivity index (χ0n) is 20.7. The molecule has 186 valence electrons. The predicted octanol–water partition coefficient (Wildman–Crippen LogP) is 5.66. The van der Waals surface area contributed by atoms with Crippen LogP contribution in [0.2, 0.25) is 0 Å². The first kappa shape index (κ1) is 25.2. The van der Waals surface area contributed by atoms with Gasteiger partial charge in [0.15, 0.2) is 11.5 Å². The largest absolute Gasteiger partial charge is 0.493 e. The number of hydrogen-bond donors (Lipinski definition) is 0. The third kappa shape index (κ3) is 4.52. The van der Waals surface area contributed by atoms with Gasteiger partial charge in [0.1, 0.15) is 10.6 Å². The van der Waals surface area contributed by atoms with E-state index in [4.69, 9.17) is 18.9 Å². The number of benzene rings is 3. The summed E-state index contributed by atoms with van der Waals surface area (Å²) in [6.45, 7) is 2.88. The highest BCUT2D eigenvalue weighted by Gasteiger charge is 2.48. The van der Waals surface area contributed by atoms with Crippen LogP contribution in [-0.2, 0) is 14.5 Å². The molecule has 0 spiro atoms. The van der Waals surface area contributed by atoms with Crippen molar-refractivity contribution in [1.82, 2.24) is 0 Å². The first-order valence-electron chi connectivity index (χ1n) is 11.2. The molecule has 3 aromatic rings. The second-order valence-electron chi connectivity index (χ2n) is 8.00. The third-order valence-corrected chi connectivity index (χ3v) is 7.15. The molecule has 0 radical (unpaired) electrons. The normalized spacial score (nSPS) is 16.5. The molecule has 0 aromatic heterocycles. The van der Waals surface area contributed by atoms with Crippen LogP contribution in [-0.4, -0.2) is 33.2 Å². The maximum atomic E-state index is 13.1. The molecule has 0 bridgehead atoms. The van der Waals surface area contributed by atoms with Gasteiger partial charge in [-0.2, -0.15) is 0 Å². The molecule has 8 heteroatoms. The van der Waals surface area contributed by atoms with Crippen molar-refractivity contribution in [2.75, 3.05) is 26.2 Å². The lowest BCUT2D eigenvalue weighted by Crippen LogP contribution is -2.42. The number of methoxy groups -OCH3 is 3. The zero-order valence-corrected chi connectivity index (χ0v) is 21.5. The molecule has 1 heterocycles. The highest BCUT2D eigenvalue weighted by molar-refractivity contribution is 8.01. The van der Waals surface area contributed by atoms with E-state index in [0.717, 1.165) is 16.1 Å². The van der Waals surface area contributed by atoms with E-state index in [1.807, 2.05) is 60.7 Å². The van der Waals surface area contributed by atoms with E-state index in [0.29, 0.717) is 28.6 Å². The van der Waals surface area contributed by atoms with Crippen LogP contribution in [0.15, 0.2) is 71.6 Å². The maximum Gasteiger partial charge on any atom is 0.308 e. The Morgan fingerprint density at radius 3 is 2.11 bits per heavy atom. The minimum absolute atomic E-state index is 0.153. The molecule has 1 amide bonds. The van der Waals surface area contributed by atoms with Gasteiger partial charge in [0, 0.05) is 24.3 Å². The quantitative estimate of drug-likeness (QED) is 0.303.